The topological polar surface area (TPSA) is 37.8 Å². The Bertz CT molecular complexity index is 242. The summed E-state index contributed by atoms with van der Waals surface area (Å²) in [7, 11) is 0. The number of nitrogens with one attached hydrogen (secondary N) is 1. The van der Waals surface area contributed by atoms with Crippen LogP contribution in [0.3, 0.4) is 0 Å². The largest absolute Gasteiger partial charge is 0.366 e. The number of halogens is 1. The quantitative estimate of drug-likeness (QED) is 0.815. The molecule has 1 aromatic rings. The molecular weight excluding hydrogens is 206 g/mol. The fourth-order valence-corrected chi connectivity index (χ4v) is 1.04. The van der Waals surface area contributed by atoms with Crippen molar-refractivity contribution in [3.63, 3.8) is 0 Å². The average molecular weight is 214 g/mol. The monoisotopic (exact) mass is 213 g/mol. The van der Waals surface area contributed by atoms with E-state index in [4.69, 9.17) is 0 Å². The first kappa shape index (κ1) is 7.03. The Labute approximate surface area is 73.3 Å². The predicted octanol–water partition coefficient (Wildman–Crippen LogP) is 1.81. The third kappa shape index (κ3) is 1.89. The van der Waals surface area contributed by atoms with Gasteiger partial charge in [0.25, 0.3) is 0 Å². The van der Waals surface area contributed by atoms with Crippen molar-refractivity contribution in [2.75, 3.05) is 5.32 Å². The first-order valence-corrected chi connectivity index (χ1v) is 4.40. The van der Waals surface area contributed by atoms with Crippen LogP contribution in [-0.4, -0.2) is 16.2 Å². The van der Waals surface area contributed by atoms with Gasteiger partial charge in [-0.15, -0.1) is 10.2 Å². The number of anilines is 1. The molecule has 1 aromatic heterocycles. The van der Waals surface area contributed by atoms with Gasteiger partial charge >= 0.3 is 0 Å². The maximum absolute atomic E-state index is 3.95. The van der Waals surface area contributed by atoms with Crippen LogP contribution in [0.15, 0.2) is 16.7 Å². The van der Waals surface area contributed by atoms with E-state index in [2.05, 4.69) is 31.4 Å². The summed E-state index contributed by atoms with van der Waals surface area (Å²) >= 11 is 3.23. The summed E-state index contributed by atoms with van der Waals surface area (Å²) < 4.78 is 0.777. The Morgan fingerprint density at radius 2 is 2.18 bits per heavy atom. The van der Waals surface area contributed by atoms with Crippen molar-refractivity contribution in [2.45, 2.75) is 18.9 Å². The first-order chi connectivity index (χ1) is 5.34. The number of aromatic nitrogens is 2. The third-order valence-electron chi connectivity index (χ3n) is 1.56. The molecule has 1 N–H and O–H groups in total. The highest BCUT2D eigenvalue weighted by Crippen LogP contribution is 2.23. The lowest BCUT2D eigenvalue weighted by Crippen LogP contribution is -2.03. The molecule has 1 aliphatic carbocycles. The zero-order valence-corrected chi connectivity index (χ0v) is 7.50. The van der Waals surface area contributed by atoms with Gasteiger partial charge in [-0.05, 0) is 40.9 Å². The van der Waals surface area contributed by atoms with Gasteiger partial charge in [0.15, 0.2) is 0 Å². The molecule has 0 bridgehead atoms. The van der Waals surface area contributed by atoms with E-state index in [9.17, 15) is 0 Å². The van der Waals surface area contributed by atoms with Crippen molar-refractivity contribution in [3.05, 3.63) is 16.7 Å². The van der Waals surface area contributed by atoms with Gasteiger partial charge in [0.05, 0.1) is 0 Å². The highest BCUT2D eigenvalue weighted by atomic mass is 79.9. The lowest BCUT2D eigenvalue weighted by Gasteiger charge is -2.00. The molecule has 2 rings (SSSR count). The fraction of sp³-hybridized carbons (Fsp3) is 0.429. The van der Waals surface area contributed by atoms with Crippen molar-refractivity contribution in [1.29, 1.82) is 0 Å². The van der Waals surface area contributed by atoms with Crippen molar-refractivity contribution >= 4 is 21.7 Å². The Balaban J connectivity index is 2.06. The summed E-state index contributed by atoms with van der Waals surface area (Å²) in [6.07, 6.45) is 2.52. The lowest BCUT2D eigenvalue weighted by atomic mass is 10.5. The van der Waals surface area contributed by atoms with Crippen molar-refractivity contribution < 1.29 is 0 Å². The van der Waals surface area contributed by atoms with E-state index in [0.717, 1.165) is 10.4 Å². The second-order valence-corrected chi connectivity index (χ2v) is 3.47. The van der Waals surface area contributed by atoms with Crippen LogP contribution in [0.1, 0.15) is 12.8 Å². The molecule has 0 aromatic carbocycles. The molecule has 11 heavy (non-hydrogen) atoms. The molecule has 0 aliphatic heterocycles. The van der Waals surface area contributed by atoms with E-state index in [-0.39, 0.29) is 0 Å². The number of hydrogen-bond acceptors (Lipinski definition) is 3. The van der Waals surface area contributed by atoms with Crippen LogP contribution in [0.5, 0.6) is 0 Å². The van der Waals surface area contributed by atoms with Gasteiger partial charge in [-0.1, -0.05) is 0 Å². The van der Waals surface area contributed by atoms with E-state index < -0.39 is 0 Å². The minimum atomic E-state index is 0.644. The minimum Gasteiger partial charge on any atom is -0.366 e. The second-order valence-electron chi connectivity index (χ2n) is 2.66. The Hall–Kier alpha value is -0.640. The molecule has 0 spiro atoms. The molecule has 4 heteroatoms. The van der Waals surface area contributed by atoms with Crippen LogP contribution >= 0.6 is 15.9 Å². The minimum absolute atomic E-state index is 0.644. The number of hydrogen-bond donors (Lipinski definition) is 1. The maximum Gasteiger partial charge on any atom is 0.148 e. The van der Waals surface area contributed by atoms with Gasteiger partial charge in [0, 0.05) is 6.04 Å². The molecule has 58 valence electrons. The lowest BCUT2D eigenvalue weighted by molar-refractivity contribution is 0.980. The highest BCUT2D eigenvalue weighted by molar-refractivity contribution is 9.10. The molecular formula is C7H8BrN3. The van der Waals surface area contributed by atoms with E-state index in [1.807, 2.05) is 12.1 Å². The van der Waals surface area contributed by atoms with Crippen LogP contribution in [0.4, 0.5) is 5.82 Å². The predicted molar refractivity (Wildman–Crippen MR) is 46.4 cm³/mol. The Kier molecular flexibility index (Phi) is 1.77. The molecule has 0 atom stereocenters. The molecule has 0 unspecified atom stereocenters. The summed E-state index contributed by atoms with van der Waals surface area (Å²) in [5.41, 5.74) is 0. The van der Waals surface area contributed by atoms with Gasteiger partial charge in [0.2, 0.25) is 0 Å². The molecule has 0 radical (unpaired) electrons. The zero-order chi connectivity index (χ0) is 7.68. The van der Waals surface area contributed by atoms with Crippen LogP contribution in [0.25, 0.3) is 0 Å². The highest BCUT2D eigenvalue weighted by Gasteiger charge is 2.21. The van der Waals surface area contributed by atoms with Crippen LogP contribution in [-0.2, 0) is 0 Å². The molecule has 1 fully saturated rings. The number of nitrogens with zero attached hydrogens (tertiary/aromatic N) is 2. The van der Waals surface area contributed by atoms with Gasteiger partial charge in [-0.2, -0.15) is 0 Å². The molecule has 1 saturated carbocycles. The summed E-state index contributed by atoms with van der Waals surface area (Å²) in [6.45, 7) is 0. The molecule has 3 nitrogen and oxygen atoms in total. The third-order valence-corrected chi connectivity index (χ3v) is 1.98. The summed E-state index contributed by atoms with van der Waals surface area (Å²) in [6, 6.07) is 4.46. The van der Waals surface area contributed by atoms with Gasteiger partial charge in [-0.3, -0.25) is 0 Å². The standard InChI is InChI=1S/C7H8BrN3/c8-6-3-4-7(11-10-6)9-5-1-2-5/h3-5H,1-2H2,(H,9,11). The van der Waals surface area contributed by atoms with Crippen molar-refractivity contribution in [3.8, 4) is 0 Å². The van der Waals surface area contributed by atoms with E-state index in [1.165, 1.54) is 12.8 Å². The van der Waals surface area contributed by atoms with E-state index >= 15 is 0 Å². The summed E-state index contributed by atoms with van der Waals surface area (Å²) in [5, 5.41) is 11.1. The SMILES string of the molecule is Brc1ccc(NC2CC2)nn1. The normalized spacial score (nSPS) is 16.5. The van der Waals surface area contributed by atoms with Gasteiger partial charge in [0.1, 0.15) is 10.4 Å². The van der Waals surface area contributed by atoms with Crippen LogP contribution in [0.2, 0.25) is 0 Å². The molecule has 1 aliphatic rings. The van der Waals surface area contributed by atoms with Crippen LogP contribution < -0.4 is 5.32 Å². The van der Waals surface area contributed by atoms with Crippen molar-refractivity contribution in [1.82, 2.24) is 10.2 Å². The summed E-state index contributed by atoms with van der Waals surface area (Å²) in [4.78, 5) is 0. The van der Waals surface area contributed by atoms with E-state index in [0.29, 0.717) is 6.04 Å². The molecule has 1 heterocycles. The fourth-order valence-electron chi connectivity index (χ4n) is 0.830. The Morgan fingerprint density at radius 3 is 2.73 bits per heavy atom. The second kappa shape index (κ2) is 2.77. The average Bonchev–Trinajstić information content (AvgIpc) is 2.78. The molecule has 0 saturated heterocycles. The molecule has 0 amide bonds. The number of rotatable bonds is 2. The van der Waals surface area contributed by atoms with Gasteiger partial charge < -0.3 is 5.32 Å². The smallest absolute Gasteiger partial charge is 0.148 e. The first-order valence-electron chi connectivity index (χ1n) is 3.60. The zero-order valence-electron chi connectivity index (χ0n) is 5.92. The van der Waals surface area contributed by atoms with Crippen LogP contribution in [0, 0.1) is 0 Å². The van der Waals surface area contributed by atoms with Crippen molar-refractivity contribution in [2.24, 2.45) is 0 Å². The summed E-state index contributed by atoms with van der Waals surface area (Å²) in [5.74, 6) is 0.871. The maximum atomic E-state index is 3.95. The van der Waals surface area contributed by atoms with Gasteiger partial charge in [-0.25, -0.2) is 0 Å². The van der Waals surface area contributed by atoms with E-state index in [1.54, 1.807) is 0 Å². The Morgan fingerprint density at radius 1 is 1.36 bits per heavy atom.